The zero-order valence-electron chi connectivity index (χ0n) is 8.59. The van der Waals surface area contributed by atoms with Crippen LogP contribution in [0.5, 0.6) is 0 Å². The maximum Gasteiger partial charge on any atom is 0.190 e. The van der Waals surface area contributed by atoms with E-state index in [0.717, 1.165) is 15.4 Å². The summed E-state index contributed by atoms with van der Waals surface area (Å²) in [5.41, 5.74) is 8.01. The third-order valence-electron chi connectivity index (χ3n) is 2.29. The molecule has 4 nitrogen and oxygen atoms in total. The highest BCUT2D eigenvalue weighted by Crippen LogP contribution is 2.33. The van der Waals surface area contributed by atoms with Crippen molar-refractivity contribution in [3.05, 3.63) is 35.6 Å². The van der Waals surface area contributed by atoms with Crippen LogP contribution in [0.25, 0.3) is 21.0 Å². The van der Waals surface area contributed by atoms with E-state index in [9.17, 15) is 0 Å². The number of thiazole rings is 1. The molecule has 2 heterocycles. The minimum atomic E-state index is 0.631. The first kappa shape index (κ1) is 10.4. The summed E-state index contributed by atoms with van der Waals surface area (Å²) >= 11 is 7.41. The van der Waals surface area contributed by atoms with Gasteiger partial charge in [-0.1, -0.05) is 22.9 Å². The van der Waals surface area contributed by atoms with Crippen molar-refractivity contribution in [3.63, 3.8) is 0 Å². The molecule has 0 fully saturated rings. The molecule has 0 spiro atoms. The number of nitrogens with two attached hydrogens (primary N) is 1. The van der Waals surface area contributed by atoms with E-state index in [4.69, 9.17) is 17.3 Å². The molecule has 3 rings (SSSR count). The van der Waals surface area contributed by atoms with Crippen molar-refractivity contribution in [1.82, 2.24) is 15.0 Å². The molecule has 2 N–H and O–H groups in total. The molecule has 17 heavy (non-hydrogen) atoms. The lowest BCUT2D eigenvalue weighted by Gasteiger charge is -2.01. The van der Waals surface area contributed by atoms with Crippen molar-refractivity contribution in [2.24, 2.45) is 0 Å². The Morgan fingerprint density at radius 3 is 2.82 bits per heavy atom. The molecule has 0 saturated carbocycles. The number of halogens is 1. The summed E-state index contributed by atoms with van der Waals surface area (Å²) in [5.74, 6) is 0. The number of aromatic nitrogens is 3. The minimum absolute atomic E-state index is 0.631. The fourth-order valence-corrected chi connectivity index (χ4v) is 2.58. The number of nitrogen functional groups attached to an aromatic ring is 1. The van der Waals surface area contributed by atoms with Crippen molar-refractivity contribution in [1.29, 1.82) is 0 Å². The number of hydrogen-bond acceptors (Lipinski definition) is 5. The van der Waals surface area contributed by atoms with E-state index in [0.29, 0.717) is 16.4 Å². The van der Waals surface area contributed by atoms with Gasteiger partial charge in [0.2, 0.25) is 0 Å². The molecule has 3 aromatic rings. The maximum absolute atomic E-state index is 5.96. The third-order valence-corrected chi connectivity index (χ3v) is 3.51. The molecule has 0 unspecified atom stereocenters. The molecule has 0 atom stereocenters. The first-order chi connectivity index (χ1) is 8.24. The van der Waals surface area contributed by atoms with Gasteiger partial charge in [0, 0.05) is 28.7 Å². The van der Waals surface area contributed by atoms with E-state index in [2.05, 4.69) is 15.0 Å². The van der Waals surface area contributed by atoms with Crippen molar-refractivity contribution >= 4 is 39.1 Å². The Kier molecular flexibility index (Phi) is 2.42. The van der Waals surface area contributed by atoms with E-state index in [-0.39, 0.29) is 0 Å². The summed E-state index contributed by atoms with van der Waals surface area (Å²) in [6.45, 7) is 0. The van der Waals surface area contributed by atoms with E-state index in [1.165, 1.54) is 11.3 Å². The normalized spacial score (nSPS) is 10.9. The molecular formula is C11H7ClN4S. The number of fused-ring (bicyclic) bond motifs is 1. The first-order valence-corrected chi connectivity index (χ1v) is 6.06. The van der Waals surface area contributed by atoms with Crippen molar-refractivity contribution in [2.75, 3.05) is 5.73 Å². The Hall–Kier alpha value is -1.72. The van der Waals surface area contributed by atoms with Crippen LogP contribution in [-0.2, 0) is 0 Å². The fraction of sp³-hybridized carbons (Fsp3) is 0. The number of benzene rings is 1. The van der Waals surface area contributed by atoms with Gasteiger partial charge < -0.3 is 5.73 Å². The highest BCUT2D eigenvalue weighted by Gasteiger charge is 2.10. The number of anilines is 1. The predicted molar refractivity (Wildman–Crippen MR) is 70.1 cm³/mol. The average molecular weight is 263 g/mol. The first-order valence-electron chi connectivity index (χ1n) is 4.87. The summed E-state index contributed by atoms with van der Waals surface area (Å²) in [5, 5.41) is 1.42. The van der Waals surface area contributed by atoms with Gasteiger partial charge in [-0.05, 0) is 18.2 Å². The molecule has 0 aliphatic carbocycles. The lowest BCUT2D eigenvalue weighted by atomic mass is 10.2. The topological polar surface area (TPSA) is 64.7 Å². The molecule has 0 aliphatic rings. The highest BCUT2D eigenvalue weighted by atomic mass is 35.5. The number of nitrogens with zero attached hydrogens (tertiary/aromatic N) is 3. The van der Waals surface area contributed by atoms with Gasteiger partial charge in [0.25, 0.3) is 0 Å². The van der Waals surface area contributed by atoms with Crippen LogP contribution in [0.1, 0.15) is 0 Å². The van der Waals surface area contributed by atoms with Gasteiger partial charge in [0.05, 0.1) is 0 Å². The van der Waals surface area contributed by atoms with Gasteiger partial charge in [-0.25, -0.2) is 15.0 Å². The summed E-state index contributed by atoms with van der Waals surface area (Å²) in [4.78, 5) is 13.5. The lowest BCUT2D eigenvalue weighted by Crippen LogP contribution is -1.89. The molecule has 6 heteroatoms. The molecule has 2 aromatic heterocycles. The lowest BCUT2D eigenvalue weighted by molar-refractivity contribution is 1.26. The molecular weight excluding hydrogens is 256 g/mol. The molecule has 0 aliphatic heterocycles. The Balaban J connectivity index is 2.23. The van der Waals surface area contributed by atoms with E-state index >= 15 is 0 Å². The van der Waals surface area contributed by atoms with E-state index in [1.54, 1.807) is 30.6 Å². The zero-order valence-corrected chi connectivity index (χ0v) is 10.2. The Morgan fingerprint density at radius 2 is 2.00 bits per heavy atom. The molecule has 0 bridgehead atoms. The second-order valence-corrected chi connectivity index (χ2v) is 4.85. The minimum Gasteiger partial charge on any atom is -0.398 e. The fourth-order valence-electron chi connectivity index (χ4n) is 1.51. The molecule has 0 amide bonds. The number of rotatable bonds is 1. The van der Waals surface area contributed by atoms with Crippen LogP contribution in [0.3, 0.4) is 0 Å². The largest absolute Gasteiger partial charge is 0.398 e. The van der Waals surface area contributed by atoms with Crippen LogP contribution in [0.2, 0.25) is 5.02 Å². The predicted octanol–water partition coefficient (Wildman–Crippen LogP) is 2.99. The van der Waals surface area contributed by atoms with Gasteiger partial charge in [-0.2, -0.15) is 0 Å². The summed E-state index contributed by atoms with van der Waals surface area (Å²) in [6, 6.07) is 5.32. The third kappa shape index (κ3) is 1.83. The molecule has 0 radical (unpaired) electrons. The monoisotopic (exact) mass is 262 g/mol. The number of hydrogen-bond donors (Lipinski definition) is 1. The standard InChI is InChI=1S/C11H7ClN4S/c12-6-1-2-8(13)7(5-6)10-16-9-11(17-10)15-4-3-14-9/h1-5H,13H2. The van der Waals surface area contributed by atoms with Crippen molar-refractivity contribution in [3.8, 4) is 10.6 Å². The summed E-state index contributed by atoms with van der Waals surface area (Å²) in [7, 11) is 0. The molecule has 1 aromatic carbocycles. The summed E-state index contributed by atoms with van der Waals surface area (Å²) in [6.07, 6.45) is 3.26. The van der Waals surface area contributed by atoms with Crippen LogP contribution in [0.15, 0.2) is 30.6 Å². The van der Waals surface area contributed by atoms with Gasteiger partial charge >= 0.3 is 0 Å². The zero-order chi connectivity index (χ0) is 11.8. The van der Waals surface area contributed by atoms with Crippen LogP contribution >= 0.6 is 22.9 Å². The smallest absolute Gasteiger partial charge is 0.190 e. The van der Waals surface area contributed by atoms with Crippen LogP contribution in [0.4, 0.5) is 5.69 Å². The van der Waals surface area contributed by atoms with E-state index in [1.807, 2.05) is 0 Å². The second kappa shape index (κ2) is 3.94. The van der Waals surface area contributed by atoms with Crippen LogP contribution in [0, 0.1) is 0 Å². The van der Waals surface area contributed by atoms with E-state index < -0.39 is 0 Å². The summed E-state index contributed by atoms with van der Waals surface area (Å²) < 4.78 is 0. The Morgan fingerprint density at radius 1 is 1.18 bits per heavy atom. The van der Waals surface area contributed by atoms with Crippen molar-refractivity contribution in [2.45, 2.75) is 0 Å². The quantitative estimate of drug-likeness (QED) is 0.685. The Labute approximate surface area is 106 Å². The second-order valence-electron chi connectivity index (χ2n) is 3.44. The van der Waals surface area contributed by atoms with Crippen LogP contribution < -0.4 is 5.73 Å². The van der Waals surface area contributed by atoms with Crippen LogP contribution in [-0.4, -0.2) is 15.0 Å². The average Bonchev–Trinajstić information content (AvgIpc) is 2.75. The van der Waals surface area contributed by atoms with Gasteiger partial charge in [-0.15, -0.1) is 0 Å². The van der Waals surface area contributed by atoms with Gasteiger partial charge in [0.1, 0.15) is 5.01 Å². The Bertz CT molecular complexity index is 662. The molecule has 0 saturated heterocycles. The van der Waals surface area contributed by atoms with Gasteiger partial charge in [0.15, 0.2) is 10.5 Å². The SMILES string of the molecule is Nc1ccc(Cl)cc1-c1nc2nccnc2s1. The highest BCUT2D eigenvalue weighted by molar-refractivity contribution is 7.21. The van der Waals surface area contributed by atoms with Crippen molar-refractivity contribution < 1.29 is 0 Å². The molecule has 84 valence electrons. The van der Waals surface area contributed by atoms with Gasteiger partial charge in [-0.3, -0.25) is 0 Å². The maximum atomic E-state index is 5.96.